The minimum absolute atomic E-state index is 0.0933. The molecule has 3 N–H and O–H groups in total. The Labute approximate surface area is 171 Å². The van der Waals surface area contributed by atoms with Crippen molar-refractivity contribution in [2.75, 3.05) is 25.5 Å². The summed E-state index contributed by atoms with van der Waals surface area (Å²) in [6, 6.07) is 11.8. The first-order valence-electron chi connectivity index (χ1n) is 9.04. The lowest BCUT2D eigenvalue weighted by Gasteiger charge is -2.18. The molecular weight excluding hydrogens is 401 g/mol. The summed E-state index contributed by atoms with van der Waals surface area (Å²) in [5.41, 5.74) is -0.421. The van der Waals surface area contributed by atoms with Crippen LogP contribution in [0.5, 0.6) is 0 Å². The topological polar surface area (TPSA) is 65.5 Å². The Hall–Kier alpha value is -2.68. The minimum Gasteiger partial charge on any atom is -0.355 e. The van der Waals surface area contributed by atoms with Crippen LogP contribution in [0.2, 0.25) is 0 Å². The summed E-state index contributed by atoms with van der Waals surface area (Å²) in [5.74, 6) is -4.57. The van der Waals surface area contributed by atoms with Crippen molar-refractivity contribution in [2.24, 2.45) is 4.99 Å². The van der Waals surface area contributed by atoms with E-state index >= 15 is 0 Å². The van der Waals surface area contributed by atoms with E-state index in [0.29, 0.717) is 12.5 Å². The fraction of sp³-hybridized carbons (Fsp3) is 0.300. The zero-order valence-electron chi connectivity index (χ0n) is 15.8. The lowest BCUT2D eigenvalue weighted by molar-refractivity contribution is -0.115. The summed E-state index contributed by atoms with van der Waals surface area (Å²) in [5, 5.41) is 8.23. The Morgan fingerprint density at radius 1 is 1.07 bits per heavy atom. The molecule has 0 atom stereocenters. The summed E-state index contributed by atoms with van der Waals surface area (Å²) >= 11 is 1.81. The number of hydrogen-bond donors (Lipinski definition) is 3. The number of hydrogen-bond acceptors (Lipinski definition) is 3. The summed E-state index contributed by atoms with van der Waals surface area (Å²) in [6.07, 6.45) is 2.15. The third-order valence-corrected chi connectivity index (χ3v) is 5.91. The number of guanidine groups is 1. The highest BCUT2D eigenvalue weighted by molar-refractivity contribution is 8.01. The summed E-state index contributed by atoms with van der Waals surface area (Å²) < 4.78 is 39.9. The molecule has 154 valence electrons. The number of nitrogens with zero attached hydrogens (tertiary/aromatic N) is 1. The molecule has 5 nitrogen and oxygen atoms in total. The fourth-order valence-electron chi connectivity index (χ4n) is 2.64. The number of aliphatic imine (C=N–C) groups is 1. The number of amides is 1. The van der Waals surface area contributed by atoms with Crippen LogP contribution in [0.4, 0.5) is 18.9 Å². The largest absolute Gasteiger partial charge is 0.355 e. The van der Waals surface area contributed by atoms with Gasteiger partial charge in [0.2, 0.25) is 5.91 Å². The van der Waals surface area contributed by atoms with Gasteiger partial charge in [0.15, 0.2) is 23.4 Å². The van der Waals surface area contributed by atoms with Gasteiger partial charge in [0, 0.05) is 23.2 Å². The van der Waals surface area contributed by atoms with E-state index in [2.05, 4.69) is 33.1 Å². The molecule has 9 heteroatoms. The number of benzene rings is 2. The Balaban J connectivity index is 1.47. The maximum atomic E-state index is 13.6. The van der Waals surface area contributed by atoms with Crippen LogP contribution in [0.15, 0.2) is 52.4 Å². The van der Waals surface area contributed by atoms with Gasteiger partial charge < -0.3 is 16.0 Å². The van der Waals surface area contributed by atoms with E-state index in [9.17, 15) is 18.0 Å². The smallest absolute Gasteiger partial charge is 0.243 e. The summed E-state index contributed by atoms with van der Waals surface area (Å²) in [7, 11) is 1.58. The quantitative estimate of drug-likeness (QED) is 0.363. The number of nitrogens with one attached hydrogen (secondary N) is 3. The Bertz CT molecular complexity index is 904. The van der Waals surface area contributed by atoms with Gasteiger partial charge in [-0.15, -0.1) is 11.8 Å². The van der Waals surface area contributed by atoms with Crippen LogP contribution in [-0.4, -0.2) is 36.8 Å². The van der Waals surface area contributed by atoms with Crippen molar-refractivity contribution in [3.8, 4) is 0 Å². The molecule has 2 aromatic carbocycles. The van der Waals surface area contributed by atoms with Crippen molar-refractivity contribution in [3.63, 3.8) is 0 Å². The molecule has 0 spiro atoms. The molecule has 0 aliphatic heterocycles. The van der Waals surface area contributed by atoms with Gasteiger partial charge in [0.05, 0.1) is 12.2 Å². The zero-order valence-corrected chi connectivity index (χ0v) is 16.6. The molecule has 0 unspecified atom stereocenters. The van der Waals surface area contributed by atoms with E-state index in [1.807, 2.05) is 30.0 Å². The first kappa shape index (κ1) is 21.0. The molecule has 0 radical (unpaired) electrons. The molecule has 0 heterocycles. The maximum absolute atomic E-state index is 13.6. The predicted octanol–water partition coefficient (Wildman–Crippen LogP) is 3.53. The first-order valence-corrected chi connectivity index (χ1v) is 9.86. The van der Waals surface area contributed by atoms with Crippen molar-refractivity contribution in [1.29, 1.82) is 0 Å². The Kier molecular flexibility index (Phi) is 6.68. The van der Waals surface area contributed by atoms with Gasteiger partial charge in [-0.25, -0.2) is 13.2 Å². The van der Waals surface area contributed by atoms with Crippen LogP contribution in [0.3, 0.4) is 0 Å². The molecule has 2 aromatic rings. The van der Waals surface area contributed by atoms with Crippen LogP contribution >= 0.6 is 11.8 Å². The van der Waals surface area contributed by atoms with Crippen molar-refractivity contribution < 1.29 is 18.0 Å². The van der Waals surface area contributed by atoms with Crippen LogP contribution < -0.4 is 16.0 Å². The number of thioether (sulfide) groups is 1. The second kappa shape index (κ2) is 9.21. The van der Waals surface area contributed by atoms with E-state index in [-0.39, 0.29) is 11.3 Å². The van der Waals surface area contributed by atoms with Crippen LogP contribution in [0, 0.1) is 17.5 Å². The molecule has 3 rings (SSSR count). The number of halogens is 3. The SMILES string of the molecule is CN=C(NCC(=O)Nc1ccc(F)c(F)c1F)NCC1(Sc2ccccc2)CC1. The van der Waals surface area contributed by atoms with Crippen LogP contribution in [0.1, 0.15) is 12.8 Å². The average molecular weight is 422 g/mol. The van der Waals surface area contributed by atoms with Crippen LogP contribution in [-0.2, 0) is 4.79 Å². The van der Waals surface area contributed by atoms with Crippen LogP contribution in [0.25, 0.3) is 0 Å². The Morgan fingerprint density at radius 3 is 2.45 bits per heavy atom. The second-order valence-corrected chi connectivity index (χ2v) is 8.19. The second-order valence-electron chi connectivity index (χ2n) is 6.65. The van der Waals surface area contributed by atoms with Gasteiger partial charge in [-0.2, -0.15) is 0 Å². The van der Waals surface area contributed by atoms with Gasteiger partial charge >= 0.3 is 0 Å². The monoisotopic (exact) mass is 422 g/mol. The molecule has 1 aliphatic carbocycles. The number of carbonyl (C=O) groups excluding carboxylic acids is 1. The van der Waals surface area contributed by atoms with Gasteiger partial charge in [-0.05, 0) is 37.1 Å². The zero-order chi connectivity index (χ0) is 20.9. The molecule has 1 saturated carbocycles. The summed E-state index contributed by atoms with van der Waals surface area (Å²) in [6.45, 7) is 0.461. The highest BCUT2D eigenvalue weighted by Crippen LogP contribution is 2.51. The van der Waals surface area contributed by atoms with Gasteiger partial charge in [-0.1, -0.05) is 18.2 Å². The number of anilines is 1. The molecule has 1 amide bonds. The first-order chi connectivity index (χ1) is 13.9. The normalized spacial score (nSPS) is 15.0. The lowest BCUT2D eigenvalue weighted by Crippen LogP contribution is -2.44. The highest BCUT2D eigenvalue weighted by atomic mass is 32.2. The highest BCUT2D eigenvalue weighted by Gasteiger charge is 2.43. The van der Waals surface area contributed by atoms with E-state index in [0.717, 1.165) is 25.0 Å². The van der Waals surface area contributed by atoms with Gasteiger partial charge in [-0.3, -0.25) is 9.79 Å². The fourth-order valence-corrected chi connectivity index (χ4v) is 3.88. The summed E-state index contributed by atoms with van der Waals surface area (Å²) in [4.78, 5) is 17.3. The van der Waals surface area contributed by atoms with Crippen molar-refractivity contribution >= 4 is 29.3 Å². The predicted molar refractivity (Wildman–Crippen MR) is 109 cm³/mol. The molecule has 0 aromatic heterocycles. The minimum atomic E-state index is -1.63. The third kappa shape index (κ3) is 5.66. The maximum Gasteiger partial charge on any atom is 0.243 e. The average Bonchev–Trinajstić information content (AvgIpc) is 3.49. The molecule has 0 bridgehead atoms. The van der Waals surface area contributed by atoms with E-state index in [4.69, 9.17) is 0 Å². The lowest BCUT2D eigenvalue weighted by atomic mass is 10.2. The molecule has 29 heavy (non-hydrogen) atoms. The van der Waals surface area contributed by atoms with Crippen molar-refractivity contribution in [3.05, 3.63) is 59.9 Å². The third-order valence-electron chi connectivity index (χ3n) is 4.41. The van der Waals surface area contributed by atoms with Gasteiger partial charge in [0.25, 0.3) is 0 Å². The van der Waals surface area contributed by atoms with E-state index in [1.54, 1.807) is 7.05 Å². The molecule has 1 fully saturated rings. The molecule has 1 aliphatic rings. The molecular formula is C20H21F3N4OS. The number of carbonyl (C=O) groups is 1. The van der Waals surface area contributed by atoms with Crippen molar-refractivity contribution in [1.82, 2.24) is 10.6 Å². The van der Waals surface area contributed by atoms with Gasteiger partial charge in [0.1, 0.15) is 0 Å². The number of rotatable bonds is 7. The van der Waals surface area contributed by atoms with Crippen molar-refractivity contribution in [2.45, 2.75) is 22.5 Å². The Morgan fingerprint density at radius 2 is 1.79 bits per heavy atom. The van der Waals surface area contributed by atoms with E-state index in [1.165, 1.54) is 4.90 Å². The molecule has 0 saturated heterocycles. The standard InChI is InChI=1S/C20H21F3N4OS/c1-24-19(26-12-20(9-10-20)29-13-5-3-2-4-6-13)25-11-16(28)27-15-8-7-14(21)17(22)18(15)23/h2-8H,9-12H2,1H3,(H,27,28)(H2,24,25,26). The van der Waals surface area contributed by atoms with E-state index < -0.39 is 29.0 Å².